The number of halogens is 1. The molecule has 3 aromatic rings. The van der Waals surface area contributed by atoms with E-state index in [1.165, 1.54) is 6.33 Å². The summed E-state index contributed by atoms with van der Waals surface area (Å²) in [6.45, 7) is 0.398. The molecule has 114 valence electrons. The maximum atomic E-state index is 10.5. The van der Waals surface area contributed by atoms with Crippen LogP contribution < -0.4 is 5.32 Å². The van der Waals surface area contributed by atoms with Gasteiger partial charge in [-0.05, 0) is 23.8 Å². The molecule has 0 atom stereocenters. The summed E-state index contributed by atoms with van der Waals surface area (Å²) in [4.78, 5) is 11.3. The third kappa shape index (κ3) is 3.20. The van der Waals surface area contributed by atoms with Gasteiger partial charge in [-0.15, -0.1) is 0 Å². The summed E-state index contributed by atoms with van der Waals surface area (Å²) in [5.74, 6) is 0.121. The van der Waals surface area contributed by atoms with Gasteiger partial charge in [0.25, 0.3) is 0 Å². The minimum absolute atomic E-state index is 0.121. The highest BCUT2D eigenvalue weighted by atomic mass is 35.5. The van der Waals surface area contributed by atoms with Gasteiger partial charge in [0, 0.05) is 17.9 Å². The average Bonchev–Trinajstić information content (AvgIpc) is 2.93. The lowest BCUT2D eigenvalue weighted by atomic mass is 10.1. The summed E-state index contributed by atoms with van der Waals surface area (Å²) in [6, 6.07) is 9.57. The molecule has 0 aliphatic heterocycles. The van der Waals surface area contributed by atoms with Crippen LogP contribution in [0.15, 0.2) is 36.7 Å². The molecule has 0 saturated heterocycles. The van der Waals surface area contributed by atoms with Crippen LogP contribution >= 0.6 is 11.6 Å². The second-order valence-electron chi connectivity index (χ2n) is 4.67. The lowest BCUT2D eigenvalue weighted by Gasteiger charge is -2.05. The highest BCUT2D eigenvalue weighted by Crippen LogP contribution is 2.27. The molecule has 3 rings (SSSR count). The quantitative estimate of drug-likeness (QED) is 0.491. The van der Waals surface area contributed by atoms with Gasteiger partial charge in [-0.1, -0.05) is 23.7 Å². The molecule has 1 aromatic carbocycles. The second kappa shape index (κ2) is 6.33. The number of nitrogens with one attached hydrogen (secondary N) is 2. The van der Waals surface area contributed by atoms with Crippen molar-refractivity contribution >= 4 is 39.0 Å². The van der Waals surface area contributed by atoms with E-state index < -0.39 is 10.7 Å². The molecule has 0 unspecified atom stereocenters. The van der Waals surface area contributed by atoms with Crippen molar-refractivity contribution in [2.45, 2.75) is 0 Å². The molecule has 0 aliphatic carbocycles. The zero-order chi connectivity index (χ0) is 15.5. The molecule has 0 bridgehead atoms. The lowest BCUT2D eigenvalue weighted by molar-refractivity contribution is 0.615. The first-order chi connectivity index (χ1) is 10.6. The molecular formula is C14H13ClN4O2S. The van der Waals surface area contributed by atoms with Crippen LogP contribution in [0.5, 0.6) is 0 Å². The lowest BCUT2D eigenvalue weighted by Crippen LogP contribution is -2.06. The van der Waals surface area contributed by atoms with E-state index in [0.717, 1.165) is 22.3 Å². The zero-order valence-electron chi connectivity index (χ0n) is 11.4. The van der Waals surface area contributed by atoms with Crippen molar-refractivity contribution in [1.82, 2.24) is 15.0 Å². The van der Waals surface area contributed by atoms with Crippen LogP contribution in [0.25, 0.3) is 22.3 Å². The van der Waals surface area contributed by atoms with Gasteiger partial charge in [0.15, 0.2) is 0 Å². The molecule has 2 heterocycles. The van der Waals surface area contributed by atoms with Crippen LogP contribution in [-0.4, -0.2) is 35.7 Å². The van der Waals surface area contributed by atoms with Gasteiger partial charge < -0.3 is 10.3 Å². The van der Waals surface area contributed by atoms with Crippen LogP contribution in [0, 0.1) is 0 Å². The number of fused-ring (bicyclic) bond motifs is 1. The van der Waals surface area contributed by atoms with E-state index in [-0.39, 0.29) is 5.75 Å². The fourth-order valence-corrected chi connectivity index (χ4v) is 2.61. The highest BCUT2D eigenvalue weighted by molar-refractivity contribution is 7.72. The Morgan fingerprint density at radius 3 is 2.64 bits per heavy atom. The number of aromatic amines is 1. The molecule has 0 spiro atoms. The Hall–Kier alpha value is -2.12. The minimum Gasteiger partial charge on any atom is -0.384 e. The van der Waals surface area contributed by atoms with E-state index in [0.29, 0.717) is 17.3 Å². The van der Waals surface area contributed by atoms with Gasteiger partial charge in [-0.25, -0.2) is 18.4 Å². The normalized spacial score (nSPS) is 11.2. The Labute approximate surface area is 133 Å². The first-order valence-electron chi connectivity index (χ1n) is 6.59. The predicted octanol–water partition coefficient (Wildman–Crippen LogP) is 2.30. The van der Waals surface area contributed by atoms with Gasteiger partial charge >= 0.3 is 0 Å². The molecule has 0 saturated carbocycles. The third-order valence-corrected chi connectivity index (χ3v) is 4.09. The van der Waals surface area contributed by atoms with Gasteiger partial charge in [-0.3, -0.25) is 0 Å². The van der Waals surface area contributed by atoms with E-state index in [1.807, 2.05) is 30.3 Å². The predicted molar refractivity (Wildman–Crippen MR) is 88.0 cm³/mol. The van der Waals surface area contributed by atoms with Crippen LogP contribution in [0.3, 0.4) is 0 Å². The smallest absolute Gasteiger partial charge is 0.142 e. The van der Waals surface area contributed by atoms with Crippen LogP contribution in [-0.2, 0) is 10.7 Å². The fourth-order valence-electron chi connectivity index (χ4n) is 2.12. The Balaban J connectivity index is 1.80. The maximum absolute atomic E-state index is 10.5. The van der Waals surface area contributed by atoms with Crippen molar-refractivity contribution in [2.24, 2.45) is 0 Å². The summed E-state index contributed by atoms with van der Waals surface area (Å²) >= 11 is 6.04. The number of rotatable bonds is 5. The van der Waals surface area contributed by atoms with Crippen molar-refractivity contribution in [1.29, 1.82) is 0 Å². The third-order valence-electron chi connectivity index (χ3n) is 3.20. The fraction of sp³-hybridized carbons (Fsp3) is 0.143. The van der Waals surface area contributed by atoms with Gasteiger partial charge in [-0.2, -0.15) is 0 Å². The van der Waals surface area contributed by atoms with Crippen molar-refractivity contribution < 1.29 is 8.42 Å². The summed E-state index contributed by atoms with van der Waals surface area (Å²) in [5, 5.41) is 4.25. The Morgan fingerprint density at radius 2 is 1.95 bits per heavy atom. The molecule has 8 heteroatoms. The highest BCUT2D eigenvalue weighted by Gasteiger charge is 2.07. The first kappa shape index (κ1) is 14.8. The Morgan fingerprint density at radius 1 is 1.18 bits per heavy atom. The molecular weight excluding hydrogens is 324 g/mol. The van der Waals surface area contributed by atoms with Crippen molar-refractivity contribution in [2.75, 3.05) is 17.6 Å². The number of benzene rings is 1. The van der Waals surface area contributed by atoms with Gasteiger partial charge in [0.1, 0.15) is 27.8 Å². The Bertz CT molecular complexity index is 866. The summed E-state index contributed by atoms with van der Waals surface area (Å²) in [7, 11) is -2.35. The molecule has 22 heavy (non-hydrogen) atoms. The number of anilines is 1. The molecule has 6 nitrogen and oxygen atoms in total. The van der Waals surface area contributed by atoms with Crippen LogP contribution in [0.4, 0.5) is 5.69 Å². The number of H-pyrrole nitrogens is 1. The van der Waals surface area contributed by atoms with Crippen molar-refractivity contribution in [3.05, 3.63) is 41.8 Å². The number of hydrogen-bond acceptors (Lipinski definition) is 5. The minimum atomic E-state index is -2.35. The monoisotopic (exact) mass is 336 g/mol. The van der Waals surface area contributed by atoms with Crippen LogP contribution in [0.1, 0.15) is 0 Å². The van der Waals surface area contributed by atoms with Crippen molar-refractivity contribution in [3.63, 3.8) is 0 Å². The van der Waals surface area contributed by atoms with E-state index in [2.05, 4.69) is 20.3 Å². The number of nitrogens with zero attached hydrogens (tertiary/aromatic N) is 2. The summed E-state index contributed by atoms with van der Waals surface area (Å²) < 4.78 is 21.0. The molecule has 0 aliphatic rings. The maximum Gasteiger partial charge on any atom is 0.142 e. The second-order valence-corrected chi connectivity index (χ2v) is 6.14. The molecule has 0 amide bonds. The standard InChI is InChI=1S/C14H13ClN4O2S/c15-13-11-7-12(19-14(11)18-8-17-13)9-1-3-10(4-2-9)16-5-6-22(20)21/h1-4,7-8,16,22H,5-6H2,(H,17,18,19). The molecule has 0 radical (unpaired) electrons. The molecule has 2 N–H and O–H groups in total. The summed E-state index contributed by atoms with van der Waals surface area (Å²) in [5.41, 5.74) is 3.44. The number of thiol groups is 1. The Kier molecular flexibility index (Phi) is 4.26. The largest absolute Gasteiger partial charge is 0.384 e. The first-order valence-corrected chi connectivity index (χ1v) is 8.33. The molecule has 2 aromatic heterocycles. The molecule has 0 fully saturated rings. The van der Waals surface area contributed by atoms with E-state index in [9.17, 15) is 8.42 Å². The average molecular weight is 337 g/mol. The zero-order valence-corrected chi connectivity index (χ0v) is 13.1. The SMILES string of the molecule is O=[SH](=O)CCNc1ccc(-c2cc3c(Cl)ncnc3[nH]2)cc1. The number of hydrogen-bond donors (Lipinski definition) is 3. The summed E-state index contributed by atoms with van der Waals surface area (Å²) in [6.07, 6.45) is 1.42. The van der Waals surface area contributed by atoms with E-state index in [1.54, 1.807) is 0 Å². The topological polar surface area (TPSA) is 87.7 Å². The van der Waals surface area contributed by atoms with Crippen molar-refractivity contribution in [3.8, 4) is 11.3 Å². The number of aromatic nitrogens is 3. The van der Waals surface area contributed by atoms with Gasteiger partial charge in [0.2, 0.25) is 0 Å². The van der Waals surface area contributed by atoms with Crippen LogP contribution in [0.2, 0.25) is 5.15 Å². The van der Waals surface area contributed by atoms with E-state index >= 15 is 0 Å². The van der Waals surface area contributed by atoms with E-state index in [4.69, 9.17) is 11.6 Å². The van der Waals surface area contributed by atoms with Gasteiger partial charge in [0.05, 0.1) is 11.1 Å².